The summed E-state index contributed by atoms with van der Waals surface area (Å²) >= 11 is 0. The highest BCUT2D eigenvalue weighted by Crippen LogP contribution is 2.28. The monoisotopic (exact) mass is 360 g/mol. The molecule has 1 aromatic carbocycles. The van der Waals surface area contributed by atoms with Crippen LogP contribution in [-0.4, -0.2) is 54.5 Å². The summed E-state index contributed by atoms with van der Waals surface area (Å²) in [5, 5.41) is 14.7. The minimum atomic E-state index is -1.30. The van der Waals surface area contributed by atoms with Gasteiger partial charge in [-0.05, 0) is 25.1 Å². The van der Waals surface area contributed by atoms with E-state index < -0.39 is 17.2 Å². The number of pyridine rings is 1. The van der Waals surface area contributed by atoms with Crippen LogP contribution in [0.3, 0.4) is 0 Å². The van der Waals surface area contributed by atoms with E-state index >= 15 is 0 Å². The molecule has 7 nitrogen and oxygen atoms in total. The Morgan fingerprint density at radius 1 is 1.35 bits per heavy atom. The van der Waals surface area contributed by atoms with Gasteiger partial charge in [0.1, 0.15) is 11.4 Å². The molecular formula is C18H21FN4O3. The number of nitrogens with one attached hydrogen (secondary N) is 1. The lowest BCUT2D eigenvalue weighted by Crippen LogP contribution is -2.32. The normalized spacial score (nSPS) is 19.4. The van der Waals surface area contributed by atoms with Crippen molar-refractivity contribution in [2.45, 2.75) is 19.4 Å². The molecule has 8 heteroatoms. The number of anilines is 1. The van der Waals surface area contributed by atoms with Crippen molar-refractivity contribution >= 4 is 22.6 Å². The maximum absolute atomic E-state index is 14.8. The highest BCUT2D eigenvalue weighted by molar-refractivity contribution is 5.93. The van der Waals surface area contributed by atoms with E-state index in [9.17, 15) is 19.1 Å². The second-order valence-electron chi connectivity index (χ2n) is 6.79. The summed E-state index contributed by atoms with van der Waals surface area (Å²) in [5.74, 6) is -1.79. The van der Waals surface area contributed by atoms with Crippen LogP contribution in [0.25, 0.3) is 10.9 Å². The average Bonchev–Trinajstić information content (AvgIpc) is 3.34. The molecule has 2 fully saturated rings. The molecule has 0 aliphatic carbocycles. The topological polar surface area (TPSA) is 77.6 Å². The van der Waals surface area contributed by atoms with Crippen molar-refractivity contribution in [3.63, 3.8) is 0 Å². The largest absolute Gasteiger partial charge is 0.477 e. The zero-order valence-electron chi connectivity index (χ0n) is 14.5. The first-order valence-corrected chi connectivity index (χ1v) is 8.85. The predicted octanol–water partition coefficient (Wildman–Crippen LogP) is 0.979. The lowest BCUT2D eigenvalue weighted by molar-refractivity contribution is 0.0695. The number of hydrogen-bond acceptors (Lipinski definition) is 5. The molecule has 1 atom stereocenters. The van der Waals surface area contributed by atoms with Gasteiger partial charge in [0, 0.05) is 25.3 Å². The third-order valence-corrected chi connectivity index (χ3v) is 5.03. The van der Waals surface area contributed by atoms with Gasteiger partial charge in [0.2, 0.25) is 5.43 Å². The maximum Gasteiger partial charge on any atom is 0.341 e. The van der Waals surface area contributed by atoms with Crippen LogP contribution in [0, 0.1) is 5.82 Å². The number of aromatic nitrogens is 1. The van der Waals surface area contributed by atoms with E-state index in [-0.39, 0.29) is 10.9 Å². The molecule has 2 N–H and O–H groups in total. The summed E-state index contributed by atoms with van der Waals surface area (Å²) in [7, 11) is 0. The van der Waals surface area contributed by atoms with Gasteiger partial charge in [-0.3, -0.25) is 9.47 Å². The Morgan fingerprint density at radius 3 is 2.77 bits per heavy atom. The molecule has 0 radical (unpaired) electrons. The highest BCUT2D eigenvalue weighted by atomic mass is 19.1. The van der Waals surface area contributed by atoms with Crippen LogP contribution in [-0.2, 0) is 0 Å². The third-order valence-electron chi connectivity index (χ3n) is 5.03. The number of rotatable bonds is 5. The second kappa shape index (κ2) is 6.28. The number of aromatic carboxylic acids is 1. The van der Waals surface area contributed by atoms with Gasteiger partial charge >= 0.3 is 5.97 Å². The standard InChI is InChI=1S/C18H21FN4O3/c1-2-20-11-3-4-21(9-11)16-8-15-12(7-14(16)19)17(24)13(18(25)26)10-23(15)22-5-6-22/h7-8,10-11,20H,2-6,9H2,1H3,(H,25,26). The van der Waals surface area contributed by atoms with Crippen molar-refractivity contribution in [3.8, 4) is 0 Å². The van der Waals surface area contributed by atoms with Crippen LogP contribution < -0.4 is 20.7 Å². The van der Waals surface area contributed by atoms with E-state index in [1.54, 1.807) is 10.7 Å². The third kappa shape index (κ3) is 2.80. The number of hydrogen-bond donors (Lipinski definition) is 2. The van der Waals surface area contributed by atoms with E-state index in [1.807, 2.05) is 16.8 Å². The molecule has 1 unspecified atom stereocenters. The van der Waals surface area contributed by atoms with E-state index in [0.717, 1.165) is 32.6 Å². The number of likely N-dealkylation sites (N-methyl/N-ethyl adjacent to an activating group) is 1. The fraction of sp³-hybridized carbons (Fsp3) is 0.444. The van der Waals surface area contributed by atoms with Crippen LogP contribution >= 0.6 is 0 Å². The Labute approximate surface area is 149 Å². The number of fused-ring (bicyclic) bond motifs is 1. The molecule has 2 aromatic rings. The van der Waals surface area contributed by atoms with Gasteiger partial charge in [-0.2, -0.15) is 0 Å². The van der Waals surface area contributed by atoms with Crippen molar-refractivity contribution in [3.05, 3.63) is 39.9 Å². The lowest BCUT2D eigenvalue weighted by Gasteiger charge is -2.22. The SMILES string of the molecule is CCNC1CCN(c2cc3c(cc2F)c(=O)c(C(=O)O)cn3N2CC2)C1. The molecule has 26 heavy (non-hydrogen) atoms. The van der Waals surface area contributed by atoms with Crippen LogP contribution in [0.1, 0.15) is 23.7 Å². The molecule has 0 spiro atoms. The lowest BCUT2D eigenvalue weighted by atomic mass is 10.1. The quantitative estimate of drug-likeness (QED) is 0.774. The minimum absolute atomic E-state index is 0.0977. The van der Waals surface area contributed by atoms with Crippen molar-refractivity contribution in [2.24, 2.45) is 0 Å². The van der Waals surface area contributed by atoms with Crippen molar-refractivity contribution in [1.29, 1.82) is 0 Å². The molecule has 138 valence electrons. The first kappa shape index (κ1) is 16.8. The first-order chi connectivity index (χ1) is 12.5. The number of carbonyl (C=O) groups is 1. The number of carboxylic acid groups (broad SMARTS) is 1. The van der Waals surface area contributed by atoms with E-state index in [4.69, 9.17) is 0 Å². The average molecular weight is 360 g/mol. The molecule has 0 bridgehead atoms. The minimum Gasteiger partial charge on any atom is -0.477 e. The number of carboxylic acids is 1. The van der Waals surface area contributed by atoms with Gasteiger partial charge in [-0.15, -0.1) is 0 Å². The summed E-state index contributed by atoms with van der Waals surface area (Å²) in [6.07, 6.45) is 2.27. The Hall–Kier alpha value is -2.61. The molecule has 2 saturated heterocycles. The van der Waals surface area contributed by atoms with Gasteiger partial charge in [0.25, 0.3) is 0 Å². The number of nitrogens with zero attached hydrogens (tertiary/aromatic N) is 3. The van der Waals surface area contributed by atoms with Crippen molar-refractivity contribution in [2.75, 3.05) is 42.6 Å². The van der Waals surface area contributed by atoms with Gasteiger partial charge in [-0.1, -0.05) is 6.92 Å². The Balaban J connectivity index is 1.84. The van der Waals surface area contributed by atoms with Gasteiger partial charge in [0.15, 0.2) is 0 Å². The molecular weight excluding hydrogens is 339 g/mol. The molecule has 2 aliphatic rings. The van der Waals surface area contributed by atoms with Crippen molar-refractivity contribution < 1.29 is 14.3 Å². The summed E-state index contributed by atoms with van der Waals surface area (Å²) < 4.78 is 16.4. The van der Waals surface area contributed by atoms with Crippen LogP contribution in [0.2, 0.25) is 0 Å². The first-order valence-electron chi connectivity index (χ1n) is 8.85. The molecule has 0 amide bonds. The molecule has 4 rings (SSSR count). The number of benzene rings is 1. The summed E-state index contributed by atoms with van der Waals surface area (Å²) in [6, 6.07) is 3.17. The van der Waals surface area contributed by atoms with Crippen LogP contribution in [0.4, 0.5) is 10.1 Å². The zero-order chi connectivity index (χ0) is 18.4. The maximum atomic E-state index is 14.8. The van der Waals surface area contributed by atoms with Gasteiger partial charge in [0.05, 0.1) is 29.7 Å². The summed E-state index contributed by atoms with van der Waals surface area (Å²) in [6.45, 7) is 5.90. The Morgan fingerprint density at radius 2 is 2.12 bits per heavy atom. The van der Waals surface area contributed by atoms with Crippen molar-refractivity contribution in [1.82, 2.24) is 9.99 Å². The van der Waals surface area contributed by atoms with E-state index in [0.29, 0.717) is 23.8 Å². The van der Waals surface area contributed by atoms with Gasteiger partial charge in [-0.25, -0.2) is 9.18 Å². The molecule has 2 aliphatic heterocycles. The molecule has 1 aromatic heterocycles. The van der Waals surface area contributed by atoms with Crippen LogP contribution in [0.5, 0.6) is 0 Å². The fourth-order valence-corrected chi connectivity index (χ4v) is 3.64. The Bertz CT molecular complexity index is 938. The van der Waals surface area contributed by atoms with Gasteiger partial charge < -0.3 is 20.3 Å². The van der Waals surface area contributed by atoms with E-state index in [2.05, 4.69) is 5.32 Å². The molecule has 3 heterocycles. The fourth-order valence-electron chi connectivity index (χ4n) is 3.64. The second-order valence-corrected chi connectivity index (χ2v) is 6.79. The van der Waals surface area contributed by atoms with E-state index in [1.165, 1.54) is 12.3 Å². The molecule has 0 saturated carbocycles. The zero-order valence-corrected chi connectivity index (χ0v) is 14.5. The highest BCUT2D eigenvalue weighted by Gasteiger charge is 2.27. The predicted molar refractivity (Wildman–Crippen MR) is 97.4 cm³/mol. The Kier molecular flexibility index (Phi) is 4.07. The van der Waals surface area contributed by atoms with Crippen LogP contribution in [0.15, 0.2) is 23.1 Å². The smallest absolute Gasteiger partial charge is 0.341 e. The summed E-state index contributed by atoms with van der Waals surface area (Å²) in [4.78, 5) is 25.8. The summed E-state index contributed by atoms with van der Waals surface area (Å²) in [5.41, 5.74) is 0.00436. The number of halogens is 1.